The highest BCUT2D eigenvalue weighted by molar-refractivity contribution is 7.52. The van der Waals surface area contributed by atoms with Crippen LogP contribution >= 0.6 is 19.3 Å². The highest BCUT2D eigenvalue weighted by atomic mass is 35.5. The molecule has 3 aromatic rings. The number of rotatable bonds is 9. The molecule has 1 unspecified atom stereocenters. The van der Waals surface area contributed by atoms with Crippen molar-refractivity contribution in [2.75, 3.05) is 19.5 Å². The van der Waals surface area contributed by atoms with Gasteiger partial charge in [0, 0.05) is 5.92 Å². The van der Waals surface area contributed by atoms with Crippen LogP contribution < -0.4 is 15.3 Å². The van der Waals surface area contributed by atoms with Crippen molar-refractivity contribution in [2.45, 2.75) is 25.4 Å². The van der Waals surface area contributed by atoms with Crippen LogP contribution in [0, 0.1) is 5.92 Å². The van der Waals surface area contributed by atoms with Crippen LogP contribution in [0.5, 0.6) is 5.75 Å². The molecule has 0 spiro atoms. The standard InChI is InChI=1S/C21H24ClN6O5P/c1-13(20(29)31-2)27-34(30,33-16-6-4-3-5-7-16)32-11-14-8-9-15(10-14)28-12-24-17-18(22)25-21(23)26-19(17)28/h3-9,12-15H,10-11H2,1-2H3,(H,27,30)(H2,23,25,26)/t13-,14+,15-,34?/m0/s1. The van der Waals surface area contributed by atoms with Crippen LogP contribution in [-0.2, 0) is 18.6 Å². The Balaban J connectivity index is 1.45. The monoisotopic (exact) mass is 506 g/mol. The number of hydrogen-bond donors (Lipinski definition) is 2. The number of nitrogens with one attached hydrogen (secondary N) is 1. The number of nitrogen functional groups attached to an aromatic ring is 1. The Morgan fingerprint density at radius 1 is 1.32 bits per heavy atom. The van der Waals surface area contributed by atoms with Gasteiger partial charge in [0.15, 0.2) is 10.8 Å². The number of halogens is 1. The van der Waals surface area contributed by atoms with Gasteiger partial charge in [0.2, 0.25) is 5.95 Å². The fourth-order valence-corrected chi connectivity index (χ4v) is 5.36. The molecule has 1 aliphatic rings. The van der Waals surface area contributed by atoms with E-state index in [9.17, 15) is 9.36 Å². The van der Waals surface area contributed by atoms with E-state index in [1.807, 2.05) is 16.7 Å². The Bertz CT molecular complexity index is 1250. The number of ether oxygens (including phenoxy) is 1. The molecule has 1 aliphatic carbocycles. The first-order chi connectivity index (χ1) is 16.3. The van der Waals surface area contributed by atoms with E-state index in [1.165, 1.54) is 14.0 Å². The smallest absolute Gasteiger partial charge is 0.459 e. The molecule has 4 atom stereocenters. The first-order valence-corrected chi connectivity index (χ1v) is 12.4. The van der Waals surface area contributed by atoms with Gasteiger partial charge in [0.25, 0.3) is 0 Å². The van der Waals surface area contributed by atoms with E-state index in [4.69, 9.17) is 31.1 Å². The van der Waals surface area contributed by atoms with Crippen molar-refractivity contribution in [2.24, 2.45) is 5.92 Å². The molecule has 2 heterocycles. The van der Waals surface area contributed by atoms with Gasteiger partial charge in [-0.3, -0.25) is 9.32 Å². The summed E-state index contributed by atoms with van der Waals surface area (Å²) < 4.78 is 31.4. The number of nitrogens with two attached hydrogens (primary N) is 1. The van der Waals surface area contributed by atoms with Gasteiger partial charge in [-0.2, -0.15) is 15.1 Å². The lowest BCUT2D eigenvalue weighted by Crippen LogP contribution is -2.34. The number of anilines is 1. The lowest BCUT2D eigenvalue weighted by Gasteiger charge is -2.23. The number of carbonyl (C=O) groups excluding carboxylic acids is 1. The van der Waals surface area contributed by atoms with E-state index in [0.29, 0.717) is 23.3 Å². The normalized spacial score (nSPS) is 20.2. The van der Waals surface area contributed by atoms with E-state index in [2.05, 4.69) is 20.0 Å². The number of hydrogen-bond acceptors (Lipinski definition) is 9. The van der Waals surface area contributed by atoms with E-state index < -0.39 is 19.8 Å². The molecular formula is C21H24ClN6O5P. The molecule has 2 aromatic heterocycles. The van der Waals surface area contributed by atoms with Crippen molar-refractivity contribution in [1.82, 2.24) is 24.6 Å². The summed E-state index contributed by atoms with van der Waals surface area (Å²) in [5.74, 6) is -0.270. The van der Waals surface area contributed by atoms with Gasteiger partial charge in [-0.15, -0.1) is 0 Å². The van der Waals surface area contributed by atoms with Crippen LogP contribution in [0.25, 0.3) is 11.2 Å². The second-order valence-electron chi connectivity index (χ2n) is 7.72. The Morgan fingerprint density at radius 3 is 2.82 bits per heavy atom. The zero-order chi connectivity index (χ0) is 24.3. The number of esters is 1. The van der Waals surface area contributed by atoms with E-state index >= 15 is 0 Å². The summed E-state index contributed by atoms with van der Waals surface area (Å²) in [6, 6.07) is 7.60. The maximum atomic E-state index is 13.5. The number of carbonyl (C=O) groups is 1. The average Bonchev–Trinajstić information content (AvgIpc) is 3.44. The molecule has 0 aliphatic heterocycles. The molecule has 34 heavy (non-hydrogen) atoms. The Labute approximate surface area is 200 Å². The van der Waals surface area contributed by atoms with Crippen LogP contribution in [0.2, 0.25) is 5.15 Å². The van der Waals surface area contributed by atoms with E-state index in [1.54, 1.807) is 36.7 Å². The van der Waals surface area contributed by atoms with Crippen LogP contribution in [0.1, 0.15) is 19.4 Å². The zero-order valence-corrected chi connectivity index (χ0v) is 20.1. The van der Waals surface area contributed by atoms with Crippen molar-refractivity contribution in [3.63, 3.8) is 0 Å². The van der Waals surface area contributed by atoms with Gasteiger partial charge < -0.3 is 19.6 Å². The highest BCUT2D eigenvalue weighted by Gasteiger charge is 2.34. The predicted molar refractivity (Wildman–Crippen MR) is 126 cm³/mol. The average molecular weight is 507 g/mol. The molecule has 3 N–H and O–H groups in total. The molecule has 4 rings (SSSR count). The first-order valence-electron chi connectivity index (χ1n) is 10.5. The van der Waals surface area contributed by atoms with Gasteiger partial charge in [-0.1, -0.05) is 42.0 Å². The summed E-state index contributed by atoms with van der Waals surface area (Å²) in [7, 11) is -2.66. The van der Waals surface area contributed by atoms with Crippen LogP contribution in [0.15, 0.2) is 48.8 Å². The summed E-state index contributed by atoms with van der Waals surface area (Å²) in [6.45, 7) is 1.60. The molecule has 1 aromatic carbocycles. The fourth-order valence-electron chi connectivity index (χ4n) is 3.59. The molecular weight excluding hydrogens is 483 g/mol. The highest BCUT2D eigenvalue weighted by Crippen LogP contribution is 2.46. The largest absolute Gasteiger partial charge is 0.468 e. The van der Waals surface area contributed by atoms with Crippen LogP contribution in [-0.4, -0.2) is 45.2 Å². The number of allylic oxidation sites excluding steroid dienone is 1. The Hall–Kier alpha value is -2.98. The van der Waals surface area contributed by atoms with Crippen molar-refractivity contribution in [3.05, 3.63) is 54.0 Å². The summed E-state index contributed by atoms with van der Waals surface area (Å²) in [4.78, 5) is 24.3. The molecule has 0 saturated carbocycles. The van der Waals surface area contributed by atoms with Gasteiger partial charge >= 0.3 is 13.7 Å². The van der Waals surface area contributed by atoms with Gasteiger partial charge in [0.05, 0.1) is 26.1 Å². The number of aromatic nitrogens is 4. The number of methoxy groups -OCH3 is 1. The van der Waals surface area contributed by atoms with E-state index in [0.717, 1.165) is 0 Å². The fraction of sp³-hybridized carbons (Fsp3) is 0.333. The number of nitrogens with zero attached hydrogens (tertiary/aromatic N) is 4. The van der Waals surface area contributed by atoms with Crippen molar-refractivity contribution >= 4 is 42.4 Å². The van der Waals surface area contributed by atoms with Crippen molar-refractivity contribution < 1.29 is 23.1 Å². The van der Waals surface area contributed by atoms with Crippen LogP contribution in [0.4, 0.5) is 5.95 Å². The number of para-hydroxylation sites is 1. The molecule has 13 heteroatoms. The van der Waals surface area contributed by atoms with Gasteiger partial charge in [-0.25, -0.2) is 9.55 Å². The maximum Gasteiger partial charge on any atom is 0.459 e. The number of imidazole rings is 1. The lowest BCUT2D eigenvalue weighted by atomic mass is 10.1. The topological polar surface area (TPSA) is 143 Å². The third-order valence-electron chi connectivity index (χ3n) is 5.24. The molecule has 0 bridgehead atoms. The molecule has 11 nitrogen and oxygen atoms in total. The van der Waals surface area contributed by atoms with Crippen LogP contribution in [0.3, 0.4) is 0 Å². The lowest BCUT2D eigenvalue weighted by molar-refractivity contribution is -0.142. The minimum Gasteiger partial charge on any atom is -0.468 e. The molecule has 0 radical (unpaired) electrons. The minimum atomic E-state index is -3.91. The van der Waals surface area contributed by atoms with Gasteiger partial charge in [-0.05, 0) is 25.5 Å². The second kappa shape index (κ2) is 10.1. The third-order valence-corrected chi connectivity index (χ3v) is 7.14. The number of benzene rings is 1. The summed E-state index contributed by atoms with van der Waals surface area (Å²) in [6.07, 6.45) is 6.20. The minimum absolute atomic E-state index is 0.0610. The summed E-state index contributed by atoms with van der Waals surface area (Å²) in [5, 5.41) is 2.83. The predicted octanol–water partition coefficient (Wildman–Crippen LogP) is 3.53. The van der Waals surface area contributed by atoms with E-state index in [-0.39, 0.29) is 29.7 Å². The summed E-state index contributed by atoms with van der Waals surface area (Å²) >= 11 is 6.12. The quantitative estimate of drug-likeness (QED) is 0.191. The molecule has 180 valence electrons. The second-order valence-corrected chi connectivity index (χ2v) is 9.77. The SMILES string of the molecule is COC(=O)[C@H](C)NP(=O)(OC[C@@H]1C=C[C@H](n2cnc3c(Cl)nc(N)nc32)C1)Oc1ccccc1. The molecule has 0 amide bonds. The van der Waals surface area contributed by atoms with Gasteiger partial charge in [0.1, 0.15) is 17.3 Å². The molecule has 0 fully saturated rings. The van der Waals surface area contributed by atoms with Crippen molar-refractivity contribution in [3.8, 4) is 5.75 Å². The molecule has 0 saturated heterocycles. The zero-order valence-electron chi connectivity index (χ0n) is 18.5. The maximum absolute atomic E-state index is 13.5. The van der Waals surface area contributed by atoms with Crippen molar-refractivity contribution in [1.29, 1.82) is 0 Å². The first kappa shape index (κ1) is 24.2. The third kappa shape index (κ3) is 5.39. The number of fused-ring (bicyclic) bond motifs is 1. The Morgan fingerprint density at radius 2 is 2.09 bits per heavy atom. The summed E-state index contributed by atoms with van der Waals surface area (Å²) in [5.41, 5.74) is 6.73. The Kier molecular flexibility index (Phi) is 7.18.